The van der Waals surface area contributed by atoms with Crippen molar-refractivity contribution in [3.63, 3.8) is 0 Å². The van der Waals surface area contributed by atoms with E-state index in [-0.39, 0.29) is 0 Å². The molecule has 0 N–H and O–H groups in total. The van der Waals surface area contributed by atoms with Crippen molar-refractivity contribution >= 4 is 43.6 Å². The third kappa shape index (κ3) is 3.82. The summed E-state index contributed by atoms with van der Waals surface area (Å²) < 4.78 is 4.65. The maximum atomic E-state index is 9.63. The molecule has 0 bridgehead atoms. The van der Waals surface area contributed by atoms with E-state index in [1.54, 1.807) is 0 Å². The molecule has 0 saturated carbocycles. The minimum atomic E-state index is 0.599. The van der Waals surface area contributed by atoms with Gasteiger partial charge in [-0.3, -0.25) is 0 Å². The molecule has 0 aliphatic rings. The number of nitrogens with zero attached hydrogens (tertiary/aromatic N) is 4. The number of para-hydroxylation sites is 4. The molecule has 0 radical (unpaired) electrons. The fraction of sp³-hybridized carbons (Fsp3) is 0.0256. The van der Waals surface area contributed by atoms with Gasteiger partial charge in [0, 0.05) is 39.3 Å². The molecule has 0 atom stereocenters. The third-order valence-electron chi connectivity index (χ3n) is 8.45. The van der Waals surface area contributed by atoms with Crippen molar-refractivity contribution in [2.45, 2.75) is 6.42 Å². The topological polar surface area (TPSA) is 57.4 Å². The normalized spacial score (nSPS) is 11.3. The van der Waals surface area contributed by atoms with E-state index >= 15 is 0 Å². The number of rotatable bonds is 4. The smallest absolute Gasteiger partial charge is 0.0991 e. The third-order valence-corrected chi connectivity index (χ3v) is 8.45. The molecule has 2 heterocycles. The zero-order chi connectivity index (χ0) is 28.9. The van der Waals surface area contributed by atoms with Crippen molar-refractivity contribution in [2.24, 2.45) is 0 Å². The average molecular weight is 549 g/mol. The van der Waals surface area contributed by atoms with Crippen molar-refractivity contribution in [3.8, 4) is 23.5 Å². The van der Waals surface area contributed by atoms with Gasteiger partial charge in [0.2, 0.25) is 0 Å². The molecule has 200 valence electrons. The summed E-state index contributed by atoms with van der Waals surface area (Å²) in [5, 5.41) is 23.7. The Morgan fingerprint density at radius 3 is 1.28 bits per heavy atom. The van der Waals surface area contributed by atoms with Crippen LogP contribution in [0, 0.1) is 22.7 Å². The maximum absolute atomic E-state index is 9.63. The fourth-order valence-electron chi connectivity index (χ4n) is 6.57. The number of hydrogen-bond donors (Lipinski definition) is 0. The summed E-state index contributed by atoms with van der Waals surface area (Å²) >= 11 is 0. The maximum Gasteiger partial charge on any atom is 0.0991 e. The van der Waals surface area contributed by atoms with Gasteiger partial charge >= 0.3 is 0 Å². The van der Waals surface area contributed by atoms with Gasteiger partial charge in [-0.05, 0) is 71.8 Å². The number of benzene rings is 6. The highest BCUT2D eigenvalue weighted by Crippen LogP contribution is 2.37. The molecule has 8 aromatic rings. The van der Waals surface area contributed by atoms with Gasteiger partial charge in [0.05, 0.1) is 45.3 Å². The van der Waals surface area contributed by atoms with Crippen LogP contribution in [0.2, 0.25) is 0 Å². The van der Waals surface area contributed by atoms with Crippen LogP contribution in [0.4, 0.5) is 0 Å². The molecule has 6 aromatic carbocycles. The first-order valence-corrected chi connectivity index (χ1v) is 14.3. The number of fused-ring (bicyclic) bond motifs is 6. The lowest BCUT2D eigenvalue weighted by molar-refractivity contribution is 1.06. The summed E-state index contributed by atoms with van der Waals surface area (Å²) in [6.45, 7) is 0. The molecule has 2 aromatic heterocycles. The zero-order valence-electron chi connectivity index (χ0n) is 23.2. The van der Waals surface area contributed by atoms with Gasteiger partial charge in [0.25, 0.3) is 0 Å². The molecule has 8 rings (SSSR count). The Hall–Kier alpha value is -6.10. The predicted molar refractivity (Wildman–Crippen MR) is 174 cm³/mol. The summed E-state index contributed by atoms with van der Waals surface area (Å²) in [5.41, 5.74) is 10.2. The molecule has 0 aliphatic heterocycles. The molecule has 43 heavy (non-hydrogen) atoms. The van der Waals surface area contributed by atoms with Gasteiger partial charge in [-0.2, -0.15) is 10.5 Å². The van der Waals surface area contributed by atoms with E-state index in [0.29, 0.717) is 11.1 Å². The highest BCUT2D eigenvalue weighted by molar-refractivity contribution is 6.11. The van der Waals surface area contributed by atoms with Crippen molar-refractivity contribution in [1.29, 1.82) is 10.5 Å². The molecule has 0 spiro atoms. The second-order valence-electron chi connectivity index (χ2n) is 10.8. The summed E-state index contributed by atoms with van der Waals surface area (Å²) in [7, 11) is 0. The van der Waals surface area contributed by atoms with E-state index in [9.17, 15) is 10.5 Å². The average Bonchev–Trinajstić information content (AvgIpc) is 3.57. The first-order chi connectivity index (χ1) is 21.2. The Balaban J connectivity index is 1.35. The zero-order valence-corrected chi connectivity index (χ0v) is 23.2. The minimum Gasteiger partial charge on any atom is -0.309 e. The highest BCUT2D eigenvalue weighted by Gasteiger charge is 2.18. The lowest BCUT2D eigenvalue weighted by atomic mass is 10.0. The van der Waals surface area contributed by atoms with Crippen LogP contribution in [0.25, 0.3) is 55.0 Å². The Morgan fingerprint density at radius 1 is 0.419 bits per heavy atom. The van der Waals surface area contributed by atoms with Crippen LogP contribution in [0.1, 0.15) is 22.3 Å². The largest absolute Gasteiger partial charge is 0.309 e. The summed E-state index contributed by atoms with van der Waals surface area (Å²) in [6.07, 6.45) is 0.723. The SMILES string of the molecule is N#Cc1ccc2c(c1)c1cc(C#N)ccc1n2-c1ccccc1Cc1ccccc1-n1c2ccccc2c2ccccc21. The van der Waals surface area contributed by atoms with Crippen molar-refractivity contribution in [2.75, 3.05) is 0 Å². The van der Waals surface area contributed by atoms with Crippen LogP contribution in [0.15, 0.2) is 133 Å². The lowest BCUT2D eigenvalue weighted by Crippen LogP contribution is -2.04. The Morgan fingerprint density at radius 2 is 0.814 bits per heavy atom. The molecule has 0 saturated heterocycles. The quantitative estimate of drug-likeness (QED) is 0.220. The van der Waals surface area contributed by atoms with Crippen molar-refractivity contribution in [1.82, 2.24) is 9.13 Å². The highest BCUT2D eigenvalue weighted by atomic mass is 15.0. The number of hydrogen-bond acceptors (Lipinski definition) is 2. The van der Waals surface area contributed by atoms with Gasteiger partial charge in [0.15, 0.2) is 0 Å². The van der Waals surface area contributed by atoms with Crippen LogP contribution < -0.4 is 0 Å². The van der Waals surface area contributed by atoms with E-state index in [4.69, 9.17) is 0 Å². The Bertz CT molecular complexity index is 2340. The first-order valence-electron chi connectivity index (χ1n) is 14.3. The first kappa shape index (κ1) is 24.7. The van der Waals surface area contributed by atoms with E-state index in [1.165, 1.54) is 32.9 Å². The van der Waals surface area contributed by atoms with Gasteiger partial charge in [-0.1, -0.05) is 72.8 Å². The van der Waals surface area contributed by atoms with Crippen LogP contribution in [-0.2, 0) is 6.42 Å². The van der Waals surface area contributed by atoms with Crippen molar-refractivity contribution < 1.29 is 0 Å². The monoisotopic (exact) mass is 548 g/mol. The second-order valence-corrected chi connectivity index (χ2v) is 10.8. The minimum absolute atomic E-state index is 0.599. The van der Waals surface area contributed by atoms with E-state index in [0.717, 1.165) is 39.6 Å². The van der Waals surface area contributed by atoms with Crippen LogP contribution in [-0.4, -0.2) is 9.13 Å². The summed E-state index contributed by atoms with van der Waals surface area (Å²) in [4.78, 5) is 0. The molecular formula is C39H24N4. The van der Waals surface area contributed by atoms with Crippen molar-refractivity contribution in [3.05, 3.63) is 156 Å². The van der Waals surface area contributed by atoms with E-state index in [2.05, 4.69) is 118 Å². The number of nitriles is 2. The van der Waals surface area contributed by atoms with Gasteiger partial charge in [0.1, 0.15) is 0 Å². The molecule has 0 amide bonds. The molecule has 4 heteroatoms. The molecule has 0 fully saturated rings. The predicted octanol–water partition coefficient (Wildman–Crippen LogP) is 9.21. The summed E-state index contributed by atoms with van der Waals surface area (Å²) in [6, 6.07) is 50.6. The van der Waals surface area contributed by atoms with Gasteiger partial charge < -0.3 is 9.13 Å². The number of aromatic nitrogens is 2. The molecule has 4 nitrogen and oxygen atoms in total. The molecule has 0 aliphatic carbocycles. The van der Waals surface area contributed by atoms with Gasteiger partial charge in [-0.15, -0.1) is 0 Å². The van der Waals surface area contributed by atoms with Crippen LogP contribution in [0.3, 0.4) is 0 Å². The standard InChI is InChI=1S/C39H24N4/c40-24-26-17-19-38-32(21-26)33-22-27(25-41)18-20-39(33)43(38)35-14-6-2-10-29(35)23-28-9-1-5-13-34(28)42-36-15-7-3-11-30(36)31-12-4-8-16-37(31)42/h1-22H,23H2. The second kappa shape index (κ2) is 9.77. The lowest BCUT2D eigenvalue weighted by Gasteiger charge is -2.17. The summed E-state index contributed by atoms with van der Waals surface area (Å²) in [5.74, 6) is 0. The van der Waals surface area contributed by atoms with Crippen LogP contribution in [0.5, 0.6) is 0 Å². The molecule has 0 unspecified atom stereocenters. The fourth-order valence-corrected chi connectivity index (χ4v) is 6.57. The van der Waals surface area contributed by atoms with E-state index in [1.807, 2.05) is 36.4 Å². The van der Waals surface area contributed by atoms with Crippen LogP contribution >= 0.6 is 0 Å². The molecular weight excluding hydrogens is 524 g/mol. The Labute approximate surface area is 248 Å². The van der Waals surface area contributed by atoms with Gasteiger partial charge in [-0.25, -0.2) is 0 Å². The van der Waals surface area contributed by atoms with E-state index < -0.39 is 0 Å². The Kier molecular flexibility index (Phi) is 5.61.